The molecule has 2 aromatic heterocycles. The number of fused-ring (bicyclic) bond motifs is 5. The van der Waals surface area contributed by atoms with Crippen molar-refractivity contribution in [2.75, 3.05) is 16.3 Å². The Bertz CT molecular complexity index is 1740. The summed E-state index contributed by atoms with van der Waals surface area (Å²) in [6.07, 6.45) is 2.29. The highest BCUT2D eigenvalue weighted by molar-refractivity contribution is 7.15. The molecule has 0 N–H and O–H groups in total. The SMILES string of the molecule is C=CCN1C(=O)C2(c3ccccc31)c1c(oc3cc(C)c(C)cc3c1=O)C(=O)N2c1nnc(CC(C)C)s1. The van der Waals surface area contributed by atoms with Crippen molar-refractivity contribution in [3.05, 3.63) is 92.3 Å². The molecule has 4 heterocycles. The van der Waals surface area contributed by atoms with Crippen LogP contribution < -0.4 is 15.2 Å². The lowest BCUT2D eigenvalue weighted by Crippen LogP contribution is -2.53. The molecule has 9 heteroatoms. The first-order valence-corrected chi connectivity index (χ1v) is 13.3. The van der Waals surface area contributed by atoms with Crippen LogP contribution in [0.15, 0.2) is 58.3 Å². The number of carbonyl (C=O) groups excluding carboxylic acids is 2. The minimum Gasteiger partial charge on any atom is -0.450 e. The first-order valence-electron chi connectivity index (χ1n) is 12.5. The van der Waals surface area contributed by atoms with Crippen LogP contribution in [-0.2, 0) is 16.8 Å². The van der Waals surface area contributed by atoms with Crippen molar-refractivity contribution in [2.24, 2.45) is 5.92 Å². The van der Waals surface area contributed by atoms with Gasteiger partial charge in [0.2, 0.25) is 10.9 Å². The van der Waals surface area contributed by atoms with Crippen LogP contribution in [0, 0.1) is 19.8 Å². The van der Waals surface area contributed by atoms with E-state index in [1.54, 1.807) is 35.2 Å². The van der Waals surface area contributed by atoms with Crippen molar-refractivity contribution in [3.63, 3.8) is 0 Å². The molecule has 0 radical (unpaired) electrons. The zero-order valence-corrected chi connectivity index (χ0v) is 22.4. The third-order valence-corrected chi connectivity index (χ3v) is 8.21. The van der Waals surface area contributed by atoms with E-state index in [9.17, 15) is 14.4 Å². The summed E-state index contributed by atoms with van der Waals surface area (Å²) in [5.74, 6) is -0.835. The molecule has 0 aliphatic carbocycles. The summed E-state index contributed by atoms with van der Waals surface area (Å²) >= 11 is 1.25. The average Bonchev–Trinajstić information content (AvgIpc) is 3.50. The quantitative estimate of drug-likeness (QED) is 0.343. The van der Waals surface area contributed by atoms with Gasteiger partial charge in [-0.25, -0.2) is 0 Å². The van der Waals surface area contributed by atoms with E-state index in [1.165, 1.54) is 16.2 Å². The van der Waals surface area contributed by atoms with Crippen molar-refractivity contribution in [1.29, 1.82) is 0 Å². The first-order chi connectivity index (χ1) is 18.2. The molecular weight excluding hydrogens is 500 g/mol. The predicted molar refractivity (Wildman–Crippen MR) is 147 cm³/mol. The van der Waals surface area contributed by atoms with Gasteiger partial charge in [-0.15, -0.1) is 16.8 Å². The number of aromatic nitrogens is 2. The number of rotatable bonds is 5. The van der Waals surface area contributed by atoms with E-state index in [0.29, 0.717) is 34.6 Å². The smallest absolute Gasteiger partial charge is 0.297 e. The Morgan fingerprint density at radius 1 is 1.11 bits per heavy atom. The highest BCUT2D eigenvalue weighted by Crippen LogP contribution is 2.54. The van der Waals surface area contributed by atoms with Crippen LogP contribution in [0.1, 0.15) is 51.7 Å². The van der Waals surface area contributed by atoms with Crippen molar-refractivity contribution in [3.8, 4) is 0 Å². The van der Waals surface area contributed by atoms with Gasteiger partial charge < -0.3 is 9.32 Å². The van der Waals surface area contributed by atoms with Gasteiger partial charge >= 0.3 is 0 Å². The molecule has 192 valence electrons. The van der Waals surface area contributed by atoms with Gasteiger partial charge in [-0.05, 0) is 49.1 Å². The normalized spacial score (nSPS) is 18.2. The molecule has 0 saturated carbocycles. The average molecular weight is 527 g/mol. The van der Waals surface area contributed by atoms with Crippen LogP contribution in [-0.4, -0.2) is 28.6 Å². The molecule has 2 aliphatic rings. The number of nitrogens with zero attached hydrogens (tertiary/aromatic N) is 4. The van der Waals surface area contributed by atoms with E-state index in [1.807, 2.05) is 26.0 Å². The van der Waals surface area contributed by atoms with Gasteiger partial charge in [-0.3, -0.25) is 19.3 Å². The lowest BCUT2D eigenvalue weighted by atomic mass is 9.84. The fraction of sp³-hybridized carbons (Fsp3) is 0.276. The van der Waals surface area contributed by atoms with Gasteiger partial charge in [-0.2, -0.15) is 0 Å². The monoisotopic (exact) mass is 526 g/mol. The number of carbonyl (C=O) groups is 2. The molecule has 1 spiro atoms. The minimum atomic E-state index is -1.77. The van der Waals surface area contributed by atoms with Crippen molar-refractivity contribution in [2.45, 2.75) is 39.7 Å². The standard InChI is InChI=1S/C29H26N4O4S/c1-6-11-32-20-10-8-7-9-19(20)29(27(32)36)23-24(34)18-13-16(4)17(5)14-21(18)37-25(23)26(35)33(29)28-31-30-22(38-28)12-15(2)3/h6-10,13-15H,1,11-12H2,2-5H3. The second kappa shape index (κ2) is 8.46. The van der Waals surface area contributed by atoms with Crippen LogP contribution >= 0.6 is 11.3 Å². The topological polar surface area (TPSA) is 96.6 Å². The second-order valence-corrected chi connectivity index (χ2v) is 11.3. The predicted octanol–water partition coefficient (Wildman–Crippen LogP) is 4.90. The molecule has 0 bridgehead atoms. The third kappa shape index (κ3) is 3.11. The molecule has 2 aliphatic heterocycles. The summed E-state index contributed by atoms with van der Waals surface area (Å²) in [6.45, 7) is 12.0. The zero-order valence-electron chi connectivity index (χ0n) is 21.6. The summed E-state index contributed by atoms with van der Waals surface area (Å²) in [5, 5.41) is 9.98. The number of aryl methyl sites for hydroxylation is 2. The van der Waals surface area contributed by atoms with Crippen molar-refractivity contribution in [1.82, 2.24) is 10.2 Å². The fourth-order valence-corrected chi connectivity index (χ4v) is 6.60. The zero-order chi connectivity index (χ0) is 26.9. The molecule has 2 aromatic carbocycles. The summed E-state index contributed by atoms with van der Waals surface area (Å²) in [7, 11) is 0. The Morgan fingerprint density at radius 3 is 2.58 bits per heavy atom. The van der Waals surface area contributed by atoms with Gasteiger partial charge in [0.25, 0.3) is 11.8 Å². The van der Waals surface area contributed by atoms with Crippen LogP contribution in [0.4, 0.5) is 10.8 Å². The summed E-state index contributed by atoms with van der Waals surface area (Å²) in [4.78, 5) is 45.9. The summed E-state index contributed by atoms with van der Waals surface area (Å²) in [5.41, 5.74) is 1.12. The van der Waals surface area contributed by atoms with Gasteiger partial charge in [0.05, 0.1) is 16.6 Å². The molecule has 6 rings (SSSR count). The molecule has 1 atom stereocenters. The molecule has 4 aromatic rings. The largest absolute Gasteiger partial charge is 0.450 e. The maximum absolute atomic E-state index is 14.5. The molecular formula is C29H26N4O4S. The Labute approximate surface area is 223 Å². The van der Waals surface area contributed by atoms with Gasteiger partial charge in [-0.1, -0.05) is 49.5 Å². The van der Waals surface area contributed by atoms with E-state index >= 15 is 0 Å². The molecule has 1 unspecified atom stereocenters. The van der Waals surface area contributed by atoms with E-state index in [2.05, 4.69) is 30.6 Å². The second-order valence-electron chi connectivity index (χ2n) is 10.2. The molecule has 2 amide bonds. The van der Waals surface area contributed by atoms with Gasteiger partial charge in [0.15, 0.2) is 11.0 Å². The number of anilines is 2. The minimum absolute atomic E-state index is 0.0166. The number of hydrogen-bond acceptors (Lipinski definition) is 7. The Hall–Kier alpha value is -4.11. The summed E-state index contributed by atoms with van der Waals surface area (Å²) in [6, 6.07) is 10.7. The number of benzene rings is 2. The maximum Gasteiger partial charge on any atom is 0.297 e. The van der Waals surface area contributed by atoms with Crippen LogP contribution in [0.3, 0.4) is 0 Å². The molecule has 0 fully saturated rings. The molecule has 0 saturated heterocycles. The van der Waals surface area contributed by atoms with Gasteiger partial charge in [0.1, 0.15) is 10.6 Å². The highest BCUT2D eigenvalue weighted by Gasteiger charge is 2.66. The fourth-order valence-electron chi connectivity index (χ4n) is 5.50. The Balaban J connectivity index is 1.72. The van der Waals surface area contributed by atoms with Crippen LogP contribution in [0.25, 0.3) is 11.0 Å². The number of hydrogen-bond donors (Lipinski definition) is 0. The molecule has 8 nitrogen and oxygen atoms in total. The van der Waals surface area contributed by atoms with Crippen molar-refractivity contribution < 1.29 is 14.0 Å². The number of amides is 2. The van der Waals surface area contributed by atoms with E-state index in [4.69, 9.17) is 4.42 Å². The Morgan fingerprint density at radius 2 is 1.84 bits per heavy atom. The van der Waals surface area contributed by atoms with Crippen LogP contribution in [0.2, 0.25) is 0 Å². The third-order valence-electron chi connectivity index (χ3n) is 7.28. The van der Waals surface area contributed by atoms with Gasteiger partial charge in [0, 0.05) is 18.5 Å². The molecule has 38 heavy (non-hydrogen) atoms. The van der Waals surface area contributed by atoms with Crippen LogP contribution in [0.5, 0.6) is 0 Å². The van der Waals surface area contributed by atoms with E-state index in [0.717, 1.165) is 16.1 Å². The van der Waals surface area contributed by atoms with Crippen molar-refractivity contribution >= 4 is 44.9 Å². The lowest BCUT2D eigenvalue weighted by Gasteiger charge is -2.32. The maximum atomic E-state index is 14.5. The highest BCUT2D eigenvalue weighted by atomic mass is 32.1. The Kier molecular flexibility index (Phi) is 5.39. The van der Waals surface area contributed by atoms with E-state index in [-0.39, 0.29) is 23.0 Å². The first kappa shape index (κ1) is 24.2. The summed E-state index contributed by atoms with van der Waals surface area (Å²) < 4.78 is 6.18. The van der Waals surface area contributed by atoms with E-state index < -0.39 is 22.8 Å². The number of para-hydroxylation sites is 1. The lowest BCUT2D eigenvalue weighted by molar-refractivity contribution is -0.121.